The van der Waals surface area contributed by atoms with Crippen LogP contribution in [0.2, 0.25) is 0 Å². The second-order valence-electron chi connectivity index (χ2n) is 6.36. The molecule has 2 aromatic rings. The number of amides is 1. The maximum absolute atomic E-state index is 12.5. The van der Waals surface area contributed by atoms with Gasteiger partial charge in [0, 0.05) is 17.5 Å². The van der Waals surface area contributed by atoms with E-state index in [1.165, 1.54) is 0 Å². The maximum atomic E-state index is 12.5. The molecular weight excluding hydrogens is 290 g/mol. The van der Waals surface area contributed by atoms with Gasteiger partial charge in [0.1, 0.15) is 6.61 Å². The standard InChI is InChI=1S/C19H19NO3/c1-19(2)13-20(16-11-7-6-10-15(16)17(19)21)18(22)23-12-14-8-4-3-5-9-14/h3-11H,12-13H2,1-2H3. The summed E-state index contributed by atoms with van der Waals surface area (Å²) in [4.78, 5) is 26.6. The normalized spacial score (nSPS) is 15.9. The lowest BCUT2D eigenvalue weighted by Gasteiger charge is -2.37. The van der Waals surface area contributed by atoms with Crippen molar-refractivity contribution >= 4 is 17.6 Å². The summed E-state index contributed by atoms with van der Waals surface area (Å²) in [6.45, 7) is 4.23. The fourth-order valence-corrected chi connectivity index (χ4v) is 2.78. The maximum Gasteiger partial charge on any atom is 0.414 e. The highest BCUT2D eigenvalue weighted by Gasteiger charge is 2.40. The first kappa shape index (κ1) is 15.3. The number of carbonyl (C=O) groups excluding carboxylic acids is 2. The number of para-hydroxylation sites is 1. The molecular formula is C19H19NO3. The molecule has 0 saturated carbocycles. The van der Waals surface area contributed by atoms with E-state index in [0.717, 1.165) is 5.56 Å². The van der Waals surface area contributed by atoms with Crippen molar-refractivity contribution in [3.63, 3.8) is 0 Å². The van der Waals surface area contributed by atoms with E-state index in [1.54, 1.807) is 17.0 Å². The van der Waals surface area contributed by atoms with Crippen molar-refractivity contribution in [2.75, 3.05) is 11.4 Å². The summed E-state index contributed by atoms with van der Waals surface area (Å²) in [5.41, 5.74) is 1.50. The van der Waals surface area contributed by atoms with Crippen LogP contribution >= 0.6 is 0 Å². The second-order valence-corrected chi connectivity index (χ2v) is 6.36. The fourth-order valence-electron chi connectivity index (χ4n) is 2.78. The van der Waals surface area contributed by atoms with Crippen LogP contribution in [0.25, 0.3) is 0 Å². The van der Waals surface area contributed by atoms with Gasteiger partial charge in [-0.3, -0.25) is 9.69 Å². The molecule has 0 saturated heterocycles. The zero-order valence-electron chi connectivity index (χ0n) is 13.3. The predicted octanol–water partition coefficient (Wildman–Crippen LogP) is 4.05. The molecule has 0 N–H and O–H groups in total. The largest absolute Gasteiger partial charge is 0.444 e. The number of anilines is 1. The van der Waals surface area contributed by atoms with E-state index in [9.17, 15) is 9.59 Å². The first-order valence-corrected chi connectivity index (χ1v) is 7.61. The minimum absolute atomic E-state index is 0.0557. The fraction of sp³-hybridized carbons (Fsp3) is 0.263. The molecule has 0 radical (unpaired) electrons. The van der Waals surface area contributed by atoms with Gasteiger partial charge in [-0.25, -0.2) is 4.79 Å². The minimum atomic E-state index is -0.625. The van der Waals surface area contributed by atoms with Crippen molar-refractivity contribution in [1.82, 2.24) is 0 Å². The molecule has 0 aliphatic carbocycles. The summed E-state index contributed by atoms with van der Waals surface area (Å²) in [5, 5.41) is 0. The molecule has 1 amide bonds. The van der Waals surface area contributed by atoms with E-state index >= 15 is 0 Å². The molecule has 23 heavy (non-hydrogen) atoms. The van der Waals surface area contributed by atoms with E-state index < -0.39 is 11.5 Å². The predicted molar refractivity (Wildman–Crippen MR) is 88.5 cm³/mol. The highest BCUT2D eigenvalue weighted by Crippen LogP contribution is 2.36. The van der Waals surface area contributed by atoms with Gasteiger partial charge in [0.05, 0.1) is 5.69 Å². The second kappa shape index (κ2) is 5.88. The SMILES string of the molecule is CC1(C)CN(C(=O)OCc2ccccc2)c2ccccc2C1=O. The Balaban J connectivity index is 1.83. The topological polar surface area (TPSA) is 46.6 Å². The molecule has 1 aliphatic heterocycles. The smallest absolute Gasteiger partial charge is 0.414 e. The molecule has 0 bridgehead atoms. The lowest BCUT2D eigenvalue weighted by Crippen LogP contribution is -2.47. The van der Waals surface area contributed by atoms with Gasteiger partial charge >= 0.3 is 6.09 Å². The highest BCUT2D eigenvalue weighted by molar-refractivity contribution is 6.10. The zero-order valence-corrected chi connectivity index (χ0v) is 13.3. The van der Waals surface area contributed by atoms with Crippen molar-refractivity contribution in [2.24, 2.45) is 5.41 Å². The van der Waals surface area contributed by atoms with E-state index in [1.807, 2.05) is 56.3 Å². The van der Waals surface area contributed by atoms with E-state index in [2.05, 4.69) is 0 Å². The number of benzene rings is 2. The van der Waals surface area contributed by atoms with E-state index in [0.29, 0.717) is 17.8 Å². The molecule has 3 rings (SSSR count). The number of rotatable bonds is 2. The van der Waals surface area contributed by atoms with E-state index in [4.69, 9.17) is 4.74 Å². The molecule has 4 nitrogen and oxygen atoms in total. The Kier molecular flexibility index (Phi) is 3.90. The molecule has 0 spiro atoms. The van der Waals surface area contributed by atoms with Gasteiger partial charge in [-0.05, 0) is 17.7 Å². The van der Waals surface area contributed by atoms with Crippen LogP contribution in [0.3, 0.4) is 0 Å². The number of hydrogen-bond acceptors (Lipinski definition) is 3. The summed E-state index contributed by atoms with van der Waals surface area (Å²) in [6.07, 6.45) is -0.429. The number of ketones is 1. The number of Topliss-reactive ketones (excluding diaryl/α,β-unsaturated/α-hetero) is 1. The molecule has 0 aromatic heterocycles. The summed E-state index contributed by atoms with van der Waals surface area (Å²) >= 11 is 0. The molecule has 0 atom stereocenters. The molecule has 2 aromatic carbocycles. The molecule has 1 aliphatic rings. The lowest BCUT2D eigenvalue weighted by molar-refractivity contribution is 0.0828. The molecule has 0 fully saturated rings. The molecule has 1 heterocycles. The number of hydrogen-bond donors (Lipinski definition) is 0. The number of ether oxygens (including phenoxy) is 1. The van der Waals surface area contributed by atoms with Crippen molar-refractivity contribution < 1.29 is 14.3 Å². The van der Waals surface area contributed by atoms with Crippen molar-refractivity contribution in [2.45, 2.75) is 20.5 Å². The molecule has 0 unspecified atom stereocenters. The summed E-state index contributed by atoms with van der Waals surface area (Å²) in [5.74, 6) is 0.0557. The number of fused-ring (bicyclic) bond motifs is 1. The Labute approximate surface area is 135 Å². The van der Waals surface area contributed by atoms with Gasteiger partial charge < -0.3 is 4.74 Å². The van der Waals surface area contributed by atoms with Gasteiger partial charge in [-0.15, -0.1) is 0 Å². The Morgan fingerprint density at radius 2 is 1.74 bits per heavy atom. The third-order valence-corrected chi connectivity index (χ3v) is 4.03. The minimum Gasteiger partial charge on any atom is -0.444 e. The average molecular weight is 309 g/mol. The zero-order chi connectivity index (χ0) is 16.4. The van der Waals surface area contributed by atoms with Crippen molar-refractivity contribution in [1.29, 1.82) is 0 Å². The molecule has 118 valence electrons. The summed E-state index contributed by atoms with van der Waals surface area (Å²) in [7, 11) is 0. The van der Waals surface area contributed by atoms with E-state index in [-0.39, 0.29) is 12.4 Å². The van der Waals surface area contributed by atoms with Crippen LogP contribution in [0.1, 0.15) is 29.8 Å². The monoisotopic (exact) mass is 309 g/mol. The Hall–Kier alpha value is -2.62. The van der Waals surface area contributed by atoms with Crippen LogP contribution in [0.4, 0.5) is 10.5 Å². The van der Waals surface area contributed by atoms with Crippen LogP contribution in [0.15, 0.2) is 54.6 Å². The van der Waals surface area contributed by atoms with Gasteiger partial charge in [-0.1, -0.05) is 56.3 Å². The third-order valence-electron chi connectivity index (χ3n) is 4.03. The Morgan fingerprint density at radius 3 is 2.48 bits per heavy atom. The van der Waals surface area contributed by atoms with Crippen LogP contribution in [-0.2, 0) is 11.3 Å². The van der Waals surface area contributed by atoms with Crippen LogP contribution in [0.5, 0.6) is 0 Å². The summed E-state index contributed by atoms with van der Waals surface area (Å²) < 4.78 is 5.43. The van der Waals surface area contributed by atoms with Gasteiger partial charge in [0.15, 0.2) is 5.78 Å². The highest BCUT2D eigenvalue weighted by atomic mass is 16.6. The summed E-state index contributed by atoms with van der Waals surface area (Å²) in [6, 6.07) is 16.7. The lowest BCUT2D eigenvalue weighted by atomic mass is 9.80. The van der Waals surface area contributed by atoms with Crippen molar-refractivity contribution in [3.8, 4) is 0 Å². The Bertz CT molecular complexity index is 737. The first-order chi connectivity index (χ1) is 11.0. The third kappa shape index (κ3) is 2.97. The molecule has 4 heteroatoms. The Morgan fingerprint density at radius 1 is 1.09 bits per heavy atom. The van der Waals surface area contributed by atoms with Gasteiger partial charge in [0.25, 0.3) is 0 Å². The van der Waals surface area contributed by atoms with Crippen LogP contribution in [0, 0.1) is 5.41 Å². The van der Waals surface area contributed by atoms with Gasteiger partial charge in [-0.2, -0.15) is 0 Å². The average Bonchev–Trinajstić information content (AvgIpc) is 2.57. The quantitative estimate of drug-likeness (QED) is 0.840. The van der Waals surface area contributed by atoms with Crippen LogP contribution < -0.4 is 4.90 Å². The van der Waals surface area contributed by atoms with Crippen molar-refractivity contribution in [3.05, 3.63) is 65.7 Å². The van der Waals surface area contributed by atoms with Gasteiger partial charge in [0.2, 0.25) is 0 Å². The number of carbonyl (C=O) groups is 2. The van der Waals surface area contributed by atoms with Crippen LogP contribution in [-0.4, -0.2) is 18.4 Å². The number of nitrogens with zero attached hydrogens (tertiary/aromatic N) is 1. The first-order valence-electron chi connectivity index (χ1n) is 7.61.